The van der Waals surface area contributed by atoms with E-state index in [-0.39, 0.29) is 0 Å². The molecule has 4 heteroatoms. The van der Waals surface area contributed by atoms with Crippen LogP contribution in [0.5, 0.6) is 5.75 Å². The van der Waals surface area contributed by atoms with Gasteiger partial charge in [-0.3, -0.25) is 4.98 Å². The van der Waals surface area contributed by atoms with Gasteiger partial charge in [-0.15, -0.1) is 0 Å². The molecule has 0 atom stereocenters. The molecule has 2 aromatic carbocycles. The maximum absolute atomic E-state index is 9.61. The molecule has 0 amide bonds. The first-order valence-electron chi connectivity index (χ1n) is 9.44. The summed E-state index contributed by atoms with van der Waals surface area (Å²) in [5.74, 6) is 1.48. The average Bonchev–Trinajstić information content (AvgIpc) is 2.74. The molecule has 1 fully saturated rings. The Morgan fingerprint density at radius 3 is 2.63 bits per heavy atom. The number of methoxy groups -OCH3 is 1. The highest BCUT2D eigenvalue weighted by Crippen LogP contribution is 2.34. The lowest BCUT2D eigenvalue weighted by atomic mass is 9.89. The molecule has 3 aromatic rings. The minimum Gasteiger partial charge on any atom is -0.497 e. The number of pyridine rings is 1. The van der Waals surface area contributed by atoms with Crippen LogP contribution in [-0.2, 0) is 6.42 Å². The van der Waals surface area contributed by atoms with Crippen LogP contribution in [0.2, 0.25) is 0 Å². The summed E-state index contributed by atoms with van der Waals surface area (Å²) in [6.45, 7) is 1.94. The summed E-state index contributed by atoms with van der Waals surface area (Å²) in [7, 11) is 1.66. The summed E-state index contributed by atoms with van der Waals surface area (Å²) >= 11 is 0. The SMILES string of the molecule is COc1ccc2c(N3CCC(Cc4ccccc4)CC3)c(C#N)cnc2c1. The number of rotatable bonds is 4. The van der Waals surface area contributed by atoms with E-state index < -0.39 is 0 Å². The molecule has 0 N–H and O–H groups in total. The molecule has 2 heterocycles. The molecule has 4 nitrogen and oxygen atoms in total. The number of nitrogens with zero attached hydrogens (tertiary/aromatic N) is 3. The molecular weight excluding hydrogens is 334 g/mol. The van der Waals surface area contributed by atoms with E-state index in [2.05, 4.69) is 46.3 Å². The van der Waals surface area contributed by atoms with E-state index >= 15 is 0 Å². The van der Waals surface area contributed by atoms with Gasteiger partial charge < -0.3 is 9.64 Å². The van der Waals surface area contributed by atoms with Crippen LogP contribution < -0.4 is 9.64 Å². The van der Waals surface area contributed by atoms with Gasteiger partial charge in [0.15, 0.2) is 0 Å². The van der Waals surface area contributed by atoms with Crippen molar-refractivity contribution in [3.05, 3.63) is 65.9 Å². The van der Waals surface area contributed by atoms with Crippen molar-refractivity contribution in [3.63, 3.8) is 0 Å². The van der Waals surface area contributed by atoms with Crippen molar-refractivity contribution in [2.75, 3.05) is 25.1 Å². The standard InChI is InChI=1S/C23H23N3O/c1-27-20-7-8-21-22(14-20)25-16-19(15-24)23(21)26-11-9-18(10-12-26)13-17-5-3-2-4-6-17/h2-8,14,16,18H,9-13H2,1H3. The number of hydrogen-bond acceptors (Lipinski definition) is 4. The molecule has 1 aromatic heterocycles. The number of piperidine rings is 1. The van der Waals surface area contributed by atoms with E-state index in [4.69, 9.17) is 4.74 Å². The molecule has 0 saturated carbocycles. The van der Waals surface area contributed by atoms with Gasteiger partial charge in [-0.2, -0.15) is 5.26 Å². The van der Waals surface area contributed by atoms with Gasteiger partial charge in [0.2, 0.25) is 0 Å². The molecule has 0 bridgehead atoms. The quantitative estimate of drug-likeness (QED) is 0.686. The number of nitriles is 1. The third kappa shape index (κ3) is 3.59. The molecule has 1 aliphatic heterocycles. The molecule has 0 aliphatic carbocycles. The normalized spacial score (nSPS) is 14.9. The number of aromatic nitrogens is 1. The van der Waals surface area contributed by atoms with Crippen molar-refractivity contribution in [2.45, 2.75) is 19.3 Å². The monoisotopic (exact) mass is 357 g/mol. The molecule has 4 rings (SSSR count). The van der Waals surface area contributed by atoms with Gasteiger partial charge in [-0.1, -0.05) is 30.3 Å². The summed E-state index contributed by atoms with van der Waals surface area (Å²) in [6, 6.07) is 18.9. The van der Waals surface area contributed by atoms with Crippen molar-refractivity contribution in [2.24, 2.45) is 5.92 Å². The fraction of sp³-hybridized carbons (Fsp3) is 0.304. The Kier molecular flexibility index (Phi) is 4.93. The second kappa shape index (κ2) is 7.67. The predicted molar refractivity (Wildman–Crippen MR) is 108 cm³/mol. The predicted octanol–water partition coefficient (Wildman–Crippen LogP) is 4.57. The van der Waals surface area contributed by atoms with Gasteiger partial charge in [0, 0.05) is 30.7 Å². The van der Waals surface area contributed by atoms with E-state index in [9.17, 15) is 5.26 Å². The van der Waals surface area contributed by atoms with Crippen LogP contribution in [0.3, 0.4) is 0 Å². The highest BCUT2D eigenvalue weighted by Gasteiger charge is 2.23. The molecule has 0 spiro atoms. The second-order valence-electron chi connectivity index (χ2n) is 7.14. The van der Waals surface area contributed by atoms with Crippen LogP contribution in [0, 0.1) is 17.2 Å². The highest BCUT2D eigenvalue weighted by atomic mass is 16.5. The maximum atomic E-state index is 9.61. The lowest BCUT2D eigenvalue weighted by Gasteiger charge is -2.34. The Morgan fingerprint density at radius 2 is 1.93 bits per heavy atom. The minimum atomic E-state index is 0.647. The Labute approximate surface area is 160 Å². The molecule has 136 valence electrons. The number of fused-ring (bicyclic) bond motifs is 1. The van der Waals surface area contributed by atoms with Crippen LogP contribution in [0.15, 0.2) is 54.7 Å². The zero-order chi connectivity index (χ0) is 18.6. The smallest absolute Gasteiger partial charge is 0.121 e. The van der Waals surface area contributed by atoms with E-state index in [1.54, 1.807) is 13.3 Å². The van der Waals surface area contributed by atoms with E-state index in [1.807, 2.05) is 18.2 Å². The third-order valence-electron chi connectivity index (χ3n) is 5.47. The van der Waals surface area contributed by atoms with E-state index in [1.165, 1.54) is 5.56 Å². The fourth-order valence-corrected chi connectivity index (χ4v) is 4.02. The van der Waals surface area contributed by atoms with Crippen molar-refractivity contribution in [1.82, 2.24) is 4.98 Å². The van der Waals surface area contributed by atoms with Crippen molar-refractivity contribution >= 4 is 16.6 Å². The summed E-state index contributed by atoms with van der Waals surface area (Å²) in [5.41, 5.74) is 3.95. The number of benzene rings is 2. The first-order valence-corrected chi connectivity index (χ1v) is 9.44. The largest absolute Gasteiger partial charge is 0.497 e. The first-order chi connectivity index (χ1) is 13.3. The lowest BCUT2D eigenvalue weighted by Crippen LogP contribution is -2.35. The minimum absolute atomic E-state index is 0.647. The van der Waals surface area contributed by atoms with E-state index in [0.29, 0.717) is 11.5 Å². The third-order valence-corrected chi connectivity index (χ3v) is 5.47. The highest BCUT2D eigenvalue weighted by molar-refractivity contribution is 5.95. The van der Waals surface area contributed by atoms with Crippen molar-refractivity contribution < 1.29 is 4.74 Å². The van der Waals surface area contributed by atoms with Crippen LogP contribution in [0.25, 0.3) is 10.9 Å². The number of anilines is 1. The maximum Gasteiger partial charge on any atom is 0.121 e. The molecule has 27 heavy (non-hydrogen) atoms. The summed E-state index contributed by atoms with van der Waals surface area (Å²) in [6.07, 6.45) is 5.10. The summed E-state index contributed by atoms with van der Waals surface area (Å²) in [5, 5.41) is 10.6. The number of ether oxygens (including phenoxy) is 1. The topological polar surface area (TPSA) is 49.1 Å². The first kappa shape index (κ1) is 17.4. The van der Waals surface area contributed by atoms with Crippen molar-refractivity contribution in [3.8, 4) is 11.8 Å². The average molecular weight is 357 g/mol. The Balaban J connectivity index is 1.57. The van der Waals surface area contributed by atoms with Gasteiger partial charge in [0.05, 0.1) is 23.9 Å². The Morgan fingerprint density at radius 1 is 1.15 bits per heavy atom. The molecule has 1 aliphatic rings. The van der Waals surface area contributed by atoms with Gasteiger partial charge >= 0.3 is 0 Å². The summed E-state index contributed by atoms with van der Waals surface area (Å²) < 4.78 is 5.32. The van der Waals surface area contributed by atoms with Gasteiger partial charge in [-0.25, -0.2) is 0 Å². The molecular formula is C23H23N3O. The van der Waals surface area contributed by atoms with Crippen LogP contribution >= 0.6 is 0 Å². The van der Waals surface area contributed by atoms with Crippen molar-refractivity contribution in [1.29, 1.82) is 5.26 Å². The zero-order valence-corrected chi connectivity index (χ0v) is 15.6. The molecule has 1 saturated heterocycles. The van der Waals surface area contributed by atoms with Crippen LogP contribution in [0.1, 0.15) is 24.0 Å². The van der Waals surface area contributed by atoms with Crippen LogP contribution in [-0.4, -0.2) is 25.2 Å². The van der Waals surface area contributed by atoms with Gasteiger partial charge in [-0.05, 0) is 42.9 Å². The number of hydrogen-bond donors (Lipinski definition) is 0. The second-order valence-corrected chi connectivity index (χ2v) is 7.14. The van der Waals surface area contributed by atoms with Crippen LogP contribution in [0.4, 0.5) is 5.69 Å². The van der Waals surface area contributed by atoms with Gasteiger partial charge in [0.1, 0.15) is 11.8 Å². The zero-order valence-electron chi connectivity index (χ0n) is 15.6. The molecule has 0 unspecified atom stereocenters. The van der Waals surface area contributed by atoms with E-state index in [0.717, 1.165) is 54.7 Å². The fourth-order valence-electron chi connectivity index (χ4n) is 4.02. The Hall–Kier alpha value is -3.06. The summed E-state index contributed by atoms with van der Waals surface area (Å²) in [4.78, 5) is 6.82. The lowest BCUT2D eigenvalue weighted by molar-refractivity contribution is 0.404. The molecule has 0 radical (unpaired) electrons. The van der Waals surface area contributed by atoms with Gasteiger partial charge in [0.25, 0.3) is 0 Å². The Bertz CT molecular complexity index is 970.